The lowest BCUT2D eigenvalue weighted by atomic mass is 10.1. The van der Waals surface area contributed by atoms with Crippen molar-refractivity contribution in [1.29, 1.82) is 0 Å². The summed E-state index contributed by atoms with van der Waals surface area (Å²) < 4.78 is 10.9. The largest absolute Gasteiger partial charge is 0.496 e. The second-order valence-corrected chi connectivity index (χ2v) is 6.36. The highest BCUT2D eigenvalue weighted by atomic mass is 16.5. The molecule has 1 aliphatic heterocycles. The van der Waals surface area contributed by atoms with Crippen molar-refractivity contribution in [3.8, 4) is 17.0 Å². The summed E-state index contributed by atoms with van der Waals surface area (Å²) in [6.07, 6.45) is 0. The third kappa shape index (κ3) is 3.83. The van der Waals surface area contributed by atoms with Gasteiger partial charge in [-0.2, -0.15) is 5.10 Å². The number of nitrogens with zero attached hydrogens (tertiary/aromatic N) is 3. The maximum absolute atomic E-state index is 12.9. The first kappa shape index (κ1) is 17.4. The lowest BCUT2D eigenvalue weighted by molar-refractivity contribution is -0.00859. The molecule has 7 nitrogen and oxygen atoms in total. The summed E-state index contributed by atoms with van der Waals surface area (Å²) in [5.41, 5.74) is 2.02. The molecule has 1 aliphatic rings. The van der Waals surface area contributed by atoms with Crippen molar-refractivity contribution >= 4 is 5.91 Å². The van der Waals surface area contributed by atoms with Gasteiger partial charge >= 0.3 is 0 Å². The molecule has 134 valence electrons. The predicted molar refractivity (Wildman–Crippen MR) is 94.8 cm³/mol. The zero-order valence-electron chi connectivity index (χ0n) is 14.9. The van der Waals surface area contributed by atoms with Crippen molar-refractivity contribution in [2.75, 3.05) is 47.5 Å². The van der Waals surface area contributed by atoms with E-state index in [1.54, 1.807) is 13.2 Å². The van der Waals surface area contributed by atoms with E-state index in [1.807, 2.05) is 43.3 Å². The van der Waals surface area contributed by atoms with Crippen LogP contribution in [0.2, 0.25) is 0 Å². The molecule has 7 heteroatoms. The molecule has 0 aliphatic carbocycles. The van der Waals surface area contributed by atoms with Crippen molar-refractivity contribution in [2.45, 2.75) is 6.04 Å². The van der Waals surface area contributed by atoms with Crippen LogP contribution in [0.5, 0.6) is 5.75 Å². The molecular formula is C18H24N4O3. The zero-order valence-corrected chi connectivity index (χ0v) is 14.9. The Morgan fingerprint density at radius 1 is 1.44 bits per heavy atom. The van der Waals surface area contributed by atoms with Crippen LogP contribution in [0, 0.1) is 0 Å². The molecule has 0 radical (unpaired) electrons. The van der Waals surface area contributed by atoms with E-state index in [0.717, 1.165) is 17.9 Å². The first-order valence-electron chi connectivity index (χ1n) is 8.32. The van der Waals surface area contributed by atoms with Gasteiger partial charge in [0.1, 0.15) is 11.4 Å². The van der Waals surface area contributed by atoms with Crippen LogP contribution in [0.1, 0.15) is 10.5 Å². The average molecular weight is 344 g/mol. The number of H-pyrrole nitrogens is 1. The molecule has 1 aromatic carbocycles. The normalized spacial score (nSPS) is 17.8. The molecule has 1 amide bonds. The smallest absolute Gasteiger partial charge is 0.272 e. The Kier molecular flexibility index (Phi) is 5.35. The van der Waals surface area contributed by atoms with Gasteiger partial charge < -0.3 is 19.3 Å². The summed E-state index contributed by atoms with van der Waals surface area (Å²) in [6, 6.07) is 9.44. The number of hydrogen-bond donors (Lipinski definition) is 1. The number of aromatic nitrogens is 2. The molecule has 0 saturated carbocycles. The van der Waals surface area contributed by atoms with Gasteiger partial charge in [0.15, 0.2) is 0 Å². The van der Waals surface area contributed by atoms with E-state index in [-0.39, 0.29) is 11.9 Å². The van der Waals surface area contributed by atoms with E-state index in [2.05, 4.69) is 15.1 Å². The number of likely N-dealkylation sites (N-methyl/N-ethyl adjacent to an activating group) is 1. The number of methoxy groups -OCH3 is 1. The Morgan fingerprint density at radius 3 is 3.00 bits per heavy atom. The molecule has 1 atom stereocenters. The highest BCUT2D eigenvalue weighted by Crippen LogP contribution is 2.28. The Labute approximate surface area is 147 Å². The van der Waals surface area contributed by atoms with Gasteiger partial charge in [-0.1, -0.05) is 12.1 Å². The van der Waals surface area contributed by atoms with Gasteiger partial charge in [-0.25, -0.2) is 0 Å². The zero-order chi connectivity index (χ0) is 17.8. The minimum atomic E-state index is -0.0520. The maximum atomic E-state index is 12.9. The number of benzene rings is 1. The van der Waals surface area contributed by atoms with Crippen molar-refractivity contribution in [3.63, 3.8) is 0 Å². The third-order valence-corrected chi connectivity index (χ3v) is 4.26. The third-order valence-electron chi connectivity index (χ3n) is 4.26. The first-order valence-corrected chi connectivity index (χ1v) is 8.32. The van der Waals surface area contributed by atoms with Crippen LogP contribution in [-0.2, 0) is 4.74 Å². The van der Waals surface area contributed by atoms with Crippen LogP contribution < -0.4 is 4.74 Å². The lowest BCUT2D eigenvalue weighted by Gasteiger charge is -2.36. The topological polar surface area (TPSA) is 70.7 Å². The van der Waals surface area contributed by atoms with Crippen LogP contribution in [0.4, 0.5) is 0 Å². The fraction of sp³-hybridized carbons (Fsp3) is 0.444. The standard InChI is InChI=1S/C18H24N4O3/c1-21(2)11-13-12-25-9-8-22(13)18(23)16-10-15(19-20-16)14-6-4-5-7-17(14)24-3/h4-7,10,13H,8-9,11-12H2,1-3H3,(H,19,20). The van der Waals surface area contributed by atoms with Gasteiger partial charge in [0, 0.05) is 18.7 Å². The van der Waals surface area contributed by atoms with Crippen LogP contribution in [0.3, 0.4) is 0 Å². The molecule has 1 unspecified atom stereocenters. The van der Waals surface area contributed by atoms with Crippen molar-refractivity contribution in [2.24, 2.45) is 0 Å². The van der Waals surface area contributed by atoms with Gasteiger partial charge in [0.2, 0.25) is 0 Å². The van der Waals surface area contributed by atoms with E-state index in [0.29, 0.717) is 31.1 Å². The number of hydrogen-bond acceptors (Lipinski definition) is 5. The molecule has 2 heterocycles. The quantitative estimate of drug-likeness (QED) is 0.890. The number of amides is 1. The molecule has 1 aromatic heterocycles. The van der Waals surface area contributed by atoms with E-state index in [9.17, 15) is 4.79 Å². The van der Waals surface area contributed by atoms with Crippen LogP contribution >= 0.6 is 0 Å². The molecule has 2 aromatic rings. The highest BCUT2D eigenvalue weighted by Gasteiger charge is 2.29. The van der Waals surface area contributed by atoms with Gasteiger partial charge in [-0.15, -0.1) is 0 Å². The van der Waals surface area contributed by atoms with Crippen LogP contribution in [0.15, 0.2) is 30.3 Å². The number of morpholine rings is 1. The molecule has 0 spiro atoms. The Bertz CT molecular complexity index is 729. The Hall–Kier alpha value is -2.38. The number of carbonyl (C=O) groups is 1. The average Bonchev–Trinajstić information content (AvgIpc) is 3.11. The first-order chi connectivity index (χ1) is 12.1. The summed E-state index contributed by atoms with van der Waals surface area (Å²) in [7, 11) is 5.61. The summed E-state index contributed by atoms with van der Waals surface area (Å²) in [4.78, 5) is 16.9. The van der Waals surface area contributed by atoms with Gasteiger partial charge in [0.25, 0.3) is 5.91 Å². The van der Waals surface area contributed by atoms with E-state index in [4.69, 9.17) is 9.47 Å². The van der Waals surface area contributed by atoms with Gasteiger partial charge in [-0.3, -0.25) is 9.89 Å². The fourth-order valence-electron chi connectivity index (χ4n) is 3.08. The molecular weight excluding hydrogens is 320 g/mol. The Balaban J connectivity index is 1.82. The minimum absolute atomic E-state index is 0.0364. The molecule has 1 saturated heterocycles. The van der Waals surface area contributed by atoms with Crippen LogP contribution in [-0.4, -0.2) is 79.5 Å². The summed E-state index contributed by atoms with van der Waals surface area (Å²) in [5.74, 6) is 0.675. The maximum Gasteiger partial charge on any atom is 0.272 e. The fourth-order valence-corrected chi connectivity index (χ4v) is 3.08. The van der Waals surface area contributed by atoms with E-state index in [1.165, 1.54) is 0 Å². The SMILES string of the molecule is COc1ccccc1-c1cc(C(=O)N2CCOCC2CN(C)C)[nH]n1. The van der Waals surface area contributed by atoms with Crippen molar-refractivity contribution in [3.05, 3.63) is 36.0 Å². The second kappa shape index (κ2) is 7.67. The Morgan fingerprint density at radius 2 is 2.24 bits per heavy atom. The summed E-state index contributed by atoms with van der Waals surface area (Å²) in [6.45, 7) is 2.46. The second-order valence-electron chi connectivity index (χ2n) is 6.36. The number of ether oxygens (including phenoxy) is 2. The summed E-state index contributed by atoms with van der Waals surface area (Å²) in [5, 5.41) is 7.18. The highest BCUT2D eigenvalue weighted by molar-refractivity contribution is 5.94. The molecule has 1 N–H and O–H groups in total. The molecule has 3 rings (SSSR count). The number of rotatable bonds is 5. The lowest BCUT2D eigenvalue weighted by Crippen LogP contribution is -2.52. The van der Waals surface area contributed by atoms with Gasteiger partial charge in [0.05, 0.1) is 32.1 Å². The number of para-hydroxylation sites is 1. The molecule has 25 heavy (non-hydrogen) atoms. The minimum Gasteiger partial charge on any atom is -0.496 e. The number of aromatic amines is 1. The predicted octanol–water partition coefficient (Wildman–Crippen LogP) is 1.49. The molecule has 0 bridgehead atoms. The van der Waals surface area contributed by atoms with Gasteiger partial charge in [-0.05, 0) is 32.3 Å². The van der Waals surface area contributed by atoms with Crippen LogP contribution in [0.25, 0.3) is 11.3 Å². The number of nitrogens with one attached hydrogen (secondary N) is 1. The van der Waals surface area contributed by atoms with E-state index < -0.39 is 0 Å². The van der Waals surface area contributed by atoms with Crippen molar-refractivity contribution < 1.29 is 14.3 Å². The molecule has 1 fully saturated rings. The van der Waals surface area contributed by atoms with E-state index >= 15 is 0 Å². The summed E-state index contributed by atoms with van der Waals surface area (Å²) >= 11 is 0. The number of carbonyl (C=O) groups excluding carboxylic acids is 1. The monoisotopic (exact) mass is 344 g/mol. The van der Waals surface area contributed by atoms with Crippen molar-refractivity contribution in [1.82, 2.24) is 20.0 Å².